The maximum absolute atomic E-state index is 11.6. The second-order valence-electron chi connectivity index (χ2n) is 4.15. The Morgan fingerprint density at radius 2 is 2.12 bits per heavy atom. The Bertz CT molecular complexity index is 393. The molecule has 17 heavy (non-hydrogen) atoms. The van der Waals surface area contributed by atoms with Crippen LogP contribution in [0.25, 0.3) is 0 Å². The number of nitrogens with one attached hydrogen (secondary N) is 1. The van der Waals surface area contributed by atoms with Crippen molar-refractivity contribution in [2.45, 2.75) is 26.0 Å². The SMILES string of the molecule is Cc1ccc(NC(=O)CSC(C)CO)cc1C. The molecule has 0 fully saturated rings. The van der Waals surface area contributed by atoms with Gasteiger partial charge >= 0.3 is 0 Å². The molecular formula is C13H19NO2S. The third-order valence-electron chi connectivity index (χ3n) is 2.55. The third kappa shape index (κ3) is 4.79. The van der Waals surface area contributed by atoms with Crippen LogP contribution in [0.5, 0.6) is 0 Å². The lowest BCUT2D eigenvalue weighted by Gasteiger charge is -2.09. The summed E-state index contributed by atoms with van der Waals surface area (Å²) in [4.78, 5) is 11.6. The van der Waals surface area contributed by atoms with Crippen molar-refractivity contribution in [2.75, 3.05) is 17.7 Å². The van der Waals surface area contributed by atoms with E-state index in [1.54, 1.807) is 0 Å². The first-order valence-corrected chi connectivity index (χ1v) is 6.67. The van der Waals surface area contributed by atoms with Gasteiger partial charge in [-0.2, -0.15) is 0 Å². The van der Waals surface area contributed by atoms with Crippen molar-refractivity contribution in [3.8, 4) is 0 Å². The van der Waals surface area contributed by atoms with E-state index in [0.29, 0.717) is 5.75 Å². The van der Waals surface area contributed by atoms with E-state index >= 15 is 0 Å². The van der Waals surface area contributed by atoms with Gasteiger partial charge in [-0.05, 0) is 37.1 Å². The smallest absolute Gasteiger partial charge is 0.234 e. The van der Waals surface area contributed by atoms with Crippen LogP contribution in [0, 0.1) is 13.8 Å². The summed E-state index contributed by atoms with van der Waals surface area (Å²) in [6.45, 7) is 6.06. The predicted molar refractivity (Wildman–Crippen MR) is 73.6 cm³/mol. The summed E-state index contributed by atoms with van der Waals surface area (Å²) in [6.07, 6.45) is 0. The molecule has 0 radical (unpaired) electrons. The van der Waals surface area contributed by atoms with Crippen LogP contribution in [0.15, 0.2) is 18.2 Å². The number of aryl methyl sites for hydroxylation is 2. The van der Waals surface area contributed by atoms with Gasteiger partial charge in [0.2, 0.25) is 5.91 Å². The second kappa shape index (κ2) is 6.67. The highest BCUT2D eigenvalue weighted by atomic mass is 32.2. The molecule has 4 heteroatoms. The Hall–Kier alpha value is -1.00. The van der Waals surface area contributed by atoms with Crippen molar-refractivity contribution in [3.63, 3.8) is 0 Å². The van der Waals surface area contributed by atoms with Crippen LogP contribution in [0.1, 0.15) is 18.1 Å². The molecule has 94 valence electrons. The lowest BCUT2D eigenvalue weighted by atomic mass is 10.1. The number of carbonyl (C=O) groups excluding carboxylic acids is 1. The molecule has 0 saturated heterocycles. The molecule has 0 aliphatic carbocycles. The molecule has 1 amide bonds. The maximum atomic E-state index is 11.6. The number of rotatable bonds is 5. The quantitative estimate of drug-likeness (QED) is 0.847. The van der Waals surface area contributed by atoms with Crippen LogP contribution in [-0.2, 0) is 4.79 Å². The van der Waals surface area contributed by atoms with Crippen molar-refractivity contribution < 1.29 is 9.90 Å². The molecule has 2 N–H and O–H groups in total. The number of amides is 1. The number of hydrogen-bond donors (Lipinski definition) is 2. The van der Waals surface area contributed by atoms with Crippen molar-refractivity contribution in [3.05, 3.63) is 29.3 Å². The molecule has 0 saturated carbocycles. The standard InChI is InChI=1S/C13H19NO2S/c1-9-4-5-12(6-10(9)2)14-13(16)8-17-11(3)7-15/h4-6,11,15H,7-8H2,1-3H3,(H,14,16). The number of hydrogen-bond acceptors (Lipinski definition) is 3. The molecule has 0 aliphatic heterocycles. The first kappa shape index (κ1) is 14.1. The van der Waals surface area contributed by atoms with Gasteiger partial charge in [0.05, 0.1) is 12.4 Å². The zero-order valence-electron chi connectivity index (χ0n) is 10.5. The van der Waals surface area contributed by atoms with Crippen molar-refractivity contribution in [1.29, 1.82) is 0 Å². The molecule has 0 spiro atoms. The van der Waals surface area contributed by atoms with Crippen molar-refractivity contribution in [2.24, 2.45) is 0 Å². The Labute approximate surface area is 107 Å². The molecule has 0 bridgehead atoms. The molecule has 1 unspecified atom stereocenters. The highest BCUT2D eigenvalue weighted by molar-refractivity contribution is 8.00. The first-order valence-electron chi connectivity index (χ1n) is 5.62. The van der Waals surface area contributed by atoms with E-state index in [1.807, 2.05) is 39.0 Å². The highest BCUT2D eigenvalue weighted by Gasteiger charge is 2.06. The fourth-order valence-corrected chi connectivity index (χ4v) is 1.90. The summed E-state index contributed by atoms with van der Waals surface area (Å²) in [5.74, 6) is 0.341. The number of aliphatic hydroxyl groups excluding tert-OH is 1. The maximum Gasteiger partial charge on any atom is 0.234 e. The third-order valence-corrected chi connectivity index (χ3v) is 3.69. The van der Waals surface area contributed by atoms with Crippen LogP contribution in [-0.4, -0.2) is 28.6 Å². The Morgan fingerprint density at radius 1 is 1.41 bits per heavy atom. The minimum atomic E-state index is -0.0291. The van der Waals surface area contributed by atoms with Gasteiger partial charge in [0.1, 0.15) is 0 Å². The summed E-state index contributed by atoms with van der Waals surface area (Å²) >= 11 is 1.45. The summed E-state index contributed by atoms with van der Waals surface area (Å²) in [5.41, 5.74) is 3.21. The largest absolute Gasteiger partial charge is 0.395 e. The Balaban J connectivity index is 2.48. The second-order valence-corrected chi connectivity index (χ2v) is 5.58. The molecule has 1 rings (SSSR count). The van der Waals surface area contributed by atoms with E-state index in [4.69, 9.17) is 5.11 Å². The summed E-state index contributed by atoms with van der Waals surface area (Å²) in [5, 5.41) is 11.8. The number of benzene rings is 1. The number of aliphatic hydroxyl groups is 1. The fraction of sp³-hybridized carbons (Fsp3) is 0.462. The van der Waals surface area contributed by atoms with E-state index in [1.165, 1.54) is 22.9 Å². The normalized spacial score (nSPS) is 12.2. The van der Waals surface area contributed by atoms with Gasteiger partial charge in [0.25, 0.3) is 0 Å². The van der Waals surface area contributed by atoms with Gasteiger partial charge < -0.3 is 10.4 Å². The van der Waals surface area contributed by atoms with Crippen LogP contribution in [0.4, 0.5) is 5.69 Å². The van der Waals surface area contributed by atoms with Crippen LogP contribution >= 0.6 is 11.8 Å². The molecular weight excluding hydrogens is 234 g/mol. The van der Waals surface area contributed by atoms with Crippen LogP contribution < -0.4 is 5.32 Å². The monoisotopic (exact) mass is 253 g/mol. The molecule has 0 aromatic heterocycles. The number of carbonyl (C=O) groups is 1. The van der Waals surface area contributed by atoms with Gasteiger partial charge in [-0.1, -0.05) is 13.0 Å². The lowest BCUT2D eigenvalue weighted by molar-refractivity contribution is -0.113. The minimum Gasteiger partial charge on any atom is -0.395 e. The van der Waals surface area contributed by atoms with Crippen LogP contribution in [0.2, 0.25) is 0 Å². The topological polar surface area (TPSA) is 49.3 Å². The summed E-state index contributed by atoms with van der Waals surface area (Å²) < 4.78 is 0. The highest BCUT2D eigenvalue weighted by Crippen LogP contribution is 2.15. The minimum absolute atomic E-state index is 0.0291. The molecule has 1 atom stereocenters. The van der Waals surface area contributed by atoms with Gasteiger partial charge in [-0.15, -0.1) is 11.8 Å². The van der Waals surface area contributed by atoms with Gasteiger partial charge in [-0.3, -0.25) is 4.79 Å². The van der Waals surface area contributed by atoms with E-state index in [9.17, 15) is 4.79 Å². The van der Waals surface area contributed by atoms with Crippen molar-refractivity contribution in [1.82, 2.24) is 0 Å². The lowest BCUT2D eigenvalue weighted by Crippen LogP contribution is -2.16. The summed E-state index contributed by atoms with van der Waals surface area (Å²) in [7, 11) is 0. The van der Waals surface area contributed by atoms with Crippen molar-refractivity contribution >= 4 is 23.4 Å². The van der Waals surface area contributed by atoms with Gasteiger partial charge in [0, 0.05) is 10.9 Å². The number of anilines is 1. The average molecular weight is 253 g/mol. The number of thioether (sulfide) groups is 1. The zero-order valence-corrected chi connectivity index (χ0v) is 11.3. The first-order chi connectivity index (χ1) is 8.02. The molecule has 1 aromatic carbocycles. The Kier molecular flexibility index (Phi) is 5.51. The van der Waals surface area contributed by atoms with Gasteiger partial charge in [0.15, 0.2) is 0 Å². The van der Waals surface area contributed by atoms with E-state index in [-0.39, 0.29) is 17.8 Å². The zero-order chi connectivity index (χ0) is 12.8. The van der Waals surface area contributed by atoms with Gasteiger partial charge in [-0.25, -0.2) is 0 Å². The Morgan fingerprint density at radius 3 is 2.71 bits per heavy atom. The molecule has 0 heterocycles. The molecule has 0 aliphatic rings. The van der Waals surface area contributed by atoms with E-state index < -0.39 is 0 Å². The van der Waals surface area contributed by atoms with E-state index in [2.05, 4.69) is 5.32 Å². The fourth-order valence-electron chi connectivity index (χ4n) is 1.29. The summed E-state index contributed by atoms with van der Waals surface area (Å²) in [6, 6.07) is 5.86. The van der Waals surface area contributed by atoms with E-state index in [0.717, 1.165) is 5.69 Å². The molecule has 1 aromatic rings. The average Bonchev–Trinajstić information content (AvgIpc) is 2.31. The molecule has 3 nitrogen and oxygen atoms in total. The van der Waals surface area contributed by atoms with Crippen LogP contribution in [0.3, 0.4) is 0 Å². The predicted octanol–water partition coefficient (Wildman–Crippen LogP) is 2.36.